The van der Waals surface area contributed by atoms with Crippen LogP contribution in [0.5, 0.6) is 0 Å². The summed E-state index contributed by atoms with van der Waals surface area (Å²) in [5.74, 6) is 0.0399. The summed E-state index contributed by atoms with van der Waals surface area (Å²) in [5, 5.41) is 0. The van der Waals surface area contributed by atoms with Crippen molar-refractivity contribution >= 4 is 15.9 Å². The van der Waals surface area contributed by atoms with Gasteiger partial charge in [0.25, 0.3) is 0 Å². The van der Waals surface area contributed by atoms with E-state index in [1.807, 2.05) is 62.1 Å². The van der Waals surface area contributed by atoms with Gasteiger partial charge in [0.1, 0.15) is 0 Å². The van der Waals surface area contributed by atoms with E-state index in [0.717, 1.165) is 16.7 Å². The second kappa shape index (κ2) is 7.44. The topological polar surface area (TPSA) is 57.7 Å². The van der Waals surface area contributed by atoms with Gasteiger partial charge in [-0.15, -0.1) is 0 Å². The Hall–Kier alpha value is -2.18. The molecule has 0 saturated carbocycles. The zero-order valence-electron chi connectivity index (χ0n) is 16.2. The number of nitrogens with zero attached hydrogens (tertiary/aromatic N) is 2. The van der Waals surface area contributed by atoms with Gasteiger partial charge in [0.05, 0.1) is 11.3 Å². The van der Waals surface area contributed by atoms with E-state index in [0.29, 0.717) is 6.54 Å². The van der Waals surface area contributed by atoms with Crippen LogP contribution in [0.3, 0.4) is 0 Å². The van der Waals surface area contributed by atoms with E-state index in [9.17, 15) is 13.2 Å². The van der Waals surface area contributed by atoms with Crippen molar-refractivity contribution in [2.24, 2.45) is 0 Å². The SMILES string of the molecule is CC(C)N1Cc2ccc(S(=O)(=O)N(C)[C@@H](C)c3ccccc3)cc2CC1=O. The third-order valence-electron chi connectivity index (χ3n) is 5.31. The number of fused-ring (bicyclic) bond motifs is 1. The summed E-state index contributed by atoms with van der Waals surface area (Å²) in [5.41, 5.74) is 2.75. The molecule has 0 N–H and O–H groups in total. The van der Waals surface area contributed by atoms with E-state index in [-0.39, 0.29) is 29.3 Å². The first-order valence-electron chi connectivity index (χ1n) is 9.16. The van der Waals surface area contributed by atoms with E-state index < -0.39 is 10.0 Å². The van der Waals surface area contributed by atoms with Crippen LogP contribution < -0.4 is 0 Å². The van der Waals surface area contributed by atoms with Crippen molar-refractivity contribution in [3.63, 3.8) is 0 Å². The summed E-state index contributed by atoms with van der Waals surface area (Å²) >= 11 is 0. The molecule has 0 fully saturated rings. The van der Waals surface area contributed by atoms with Gasteiger partial charge in [-0.25, -0.2) is 8.42 Å². The number of carbonyl (C=O) groups excluding carboxylic acids is 1. The third kappa shape index (κ3) is 3.77. The fourth-order valence-electron chi connectivity index (χ4n) is 3.40. The maximum Gasteiger partial charge on any atom is 0.243 e. The van der Waals surface area contributed by atoms with Crippen molar-refractivity contribution in [2.45, 2.75) is 50.7 Å². The predicted molar refractivity (Wildman–Crippen MR) is 106 cm³/mol. The minimum atomic E-state index is -3.66. The Morgan fingerprint density at radius 1 is 1.00 bits per heavy atom. The van der Waals surface area contributed by atoms with Crippen molar-refractivity contribution in [1.82, 2.24) is 9.21 Å². The van der Waals surface area contributed by atoms with Gasteiger partial charge in [-0.3, -0.25) is 4.79 Å². The lowest BCUT2D eigenvalue weighted by Gasteiger charge is -2.32. The van der Waals surface area contributed by atoms with Crippen LogP contribution in [0.1, 0.15) is 43.5 Å². The second-order valence-electron chi connectivity index (χ2n) is 7.33. The van der Waals surface area contributed by atoms with E-state index in [1.54, 1.807) is 19.2 Å². The molecule has 1 atom stereocenters. The highest BCUT2D eigenvalue weighted by molar-refractivity contribution is 7.89. The molecule has 0 bridgehead atoms. The average molecular weight is 387 g/mol. The van der Waals surface area contributed by atoms with Crippen LogP contribution in [0.25, 0.3) is 0 Å². The molecule has 0 saturated heterocycles. The Morgan fingerprint density at radius 2 is 1.67 bits per heavy atom. The van der Waals surface area contributed by atoms with Gasteiger partial charge in [-0.1, -0.05) is 36.4 Å². The maximum atomic E-state index is 13.1. The molecule has 0 radical (unpaired) electrons. The van der Waals surface area contributed by atoms with Gasteiger partial charge in [0.2, 0.25) is 15.9 Å². The van der Waals surface area contributed by atoms with E-state index in [1.165, 1.54) is 4.31 Å². The quantitative estimate of drug-likeness (QED) is 0.792. The lowest BCUT2D eigenvalue weighted by molar-refractivity contribution is -0.133. The van der Waals surface area contributed by atoms with Crippen molar-refractivity contribution in [3.05, 3.63) is 65.2 Å². The molecule has 1 aliphatic rings. The number of rotatable bonds is 5. The van der Waals surface area contributed by atoms with Crippen LogP contribution in [0, 0.1) is 0 Å². The Morgan fingerprint density at radius 3 is 2.30 bits per heavy atom. The normalized spacial score (nSPS) is 15.9. The van der Waals surface area contributed by atoms with Gasteiger partial charge >= 0.3 is 0 Å². The van der Waals surface area contributed by atoms with E-state index >= 15 is 0 Å². The van der Waals surface area contributed by atoms with Crippen LogP contribution in [-0.4, -0.2) is 36.6 Å². The summed E-state index contributed by atoms with van der Waals surface area (Å²) in [6.07, 6.45) is 0.245. The van der Waals surface area contributed by atoms with Crippen LogP contribution in [0.2, 0.25) is 0 Å². The molecular formula is C21H26N2O3S. The number of amides is 1. The Kier molecular flexibility index (Phi) is 5.40. The highest BCUT2D eigenvalue weighted by atomic mass is 32.2. The molecular weight excluding hydrogens is 360 g/mol. The van der Waals surface area contributed by atoms with Gasteiger partial charge in [0.15, 0.2) is 0 Å². The highest BCUT2D eigenvalue weighted by Crippen LogP contribution is 2.29. The molecule has 1 amide bonds. The van der Waals surface area contributed by atoms with Gasteiger partial charge in [-0.05, 0) is 49.6 Å². The number of hydrogen-bond donors (Lipinski definition) is 0. The van der Waals surface area contributed by atoms with Gasteiger partial charge < -0.3 is 4.90 Å². The van der Waals surface area contributed by atoms with Crippen molar-refractivity contribution in [3.8, 4) is 0 Å². The molecule has 6 heteroatoms. The third-order valence-corrected chi connectivity index (χ3v) is 7.23. The predicted octanol–water partition coefficient (Wildman–Crippen LogP) is 3.36. The summed E-state index contributed by atoms with van der Waals surface area (Å²) in [7, 11) is -2.06. The monoisotopic (exact) mass is 386 g/mol. The number of hydrogen-bond acceptors (Lipinski definition) is 3. The summed E-state index contributed by atoms with van der Waals surface area (Å²) in [6, 6.07) is 14.5. The number of benzene rings is 2. The molecule has 0 spiro atoms. The standard InChI is InChI=1S/C21H26N2O3S/c1-15(2)23-14-18-10-11-20(12-19(18)13-21(23)24)27(25,26)22(4)16(3)17-8-6-5-7-9-17/h5-12,15-16H,13-14H2,1-4H3/t16-/m0/s1. The van der Waals surface area contributed by atoms with Crippen molar-refractivity contribution < 1.29 is 13.2 Å². The first-order chi connectivity index (χ1) is 12.7. The zero-order valence-corrected chi connectivity index (χ0v) is 17.0. The number of carbonyl (C=O) groups is 1. The Balaban J connectivity index is 1.90. The van der Waals surface area contributed by atoms with E-state index in [4.69, 9.17) is 0 Å². The van der Waals surface area contributed by atoms with Crippen LogP contribution >= 0.6 is 0 Å². The molecule has 27 heavy (non-hydrogen) atoms. The molecule has 0 aliphatic carbocycles. The number of sulfonamides is 1. The maximum absolute atomic E-state index is 13.1. The molecule has 2 aromatic rings. The molecule has 0 aromatic heterocycles. The first kappa shape index (κ1) is 19.6. The fraction of sp³-hybridized carbons (Fsp3) is 0.381. The molecule has 0 unspecified atom stereocenters. The molecule has 5 nitrogen and oxygen atoms in total. The lowest BCUT2D eigenvalue weighted by Crippen LogP contribution is -2.40. The molecule has 3 rings (SSSR count). The molecule has 1 heterocycles. The van der Waals surface area contributed by atoms with Crippen LogP contribution in [0.4, 0.5) is 0 Å². The van der Waals surface area contributed by atoms with Gasteiger partial charge in [0, 0.05) is 25.7 Å². The average Bonchev–Trinajstić information content (AvgIpc) is 2.66. The van der Waals surface area contributed by atoms with Crippen LogP contribution in [-0.2, 0) is 27.8 Å². The summed E-state index contributed by atoms with van der Waals surface area (Å²) in [4.78, 5) is 14.4. The van der Waals surface area contributed by atoms with Crippen molar-refractivity contribution in [2.75, 3.05) is 7.05 Å². The minimum absolute atomic E-state index is 0.0399. The highest BCUT2D eigenvalue weighted by Gasteiger charge is 2.29. The van der Waals surface area contributed by atoms with Crippen molar-refractivity contribution in [1.29, 1.82) is 0 Å². The molecule has 2 aromatic carbocycles. The van der Waals surface area contributed by atoms with Gasteiger partial charge in [-0.2, -0.15) is 4.31 Å². The molecule has 1 aliphatic heterocycles. The smallest absolute Gasteiger partial charge is 0.243 e. The summed E-state index contributed by atoms with van der Waals surface area (Å²) in [6.45, 7) is 6.38. The van der Waals surface area contributed by atoms with E-state index in [2.05, 4.69) is 0 Å². The molecule has 144 valence electrons. The zero-order chi connectivity index (χ0) is 19.8. The minimum Gasteiger partial charge on any atom is -0.336 e. The fourth-order valence-corrected chi connectivity index (χ4v) is 4.81. The second-order valence-corrected chi connectivity index (χ2v) is 9.33. The Labute approximate surface area is 161 Å². The lowest BCUT2D eigenvalue weighted by atomic mass is 9.98. The Bertz CT molecular complexity index is 939. The summed E-state index contributed by atoms with van der Waals surface area (Å²) < 4.78 is 27.6. The largest absolute Gasteiger partial charge is 0.336 e. The first-order valence-corrected chi connectivity index (χ1v) is 10.6. The van der Waals surface area contributed by atoms with Crippen LogP contribution in [0.15, 0.2) is 53.4 Å².